The molecule has 0 saturated heterocycles. The Morgan fingerprint density at radius 1 is 1.07 bits per heavy atom. The van der Waals surface area contributed by atoms with Gasteiger partial charge in [0.2, 0.25) is 23.4 Å². The Bertz CT molecular complexity index is 1110. The second-order valence-corrected chi connectivity index (χ2v) is 6.99. The number of pyridine rings is 1. The lowest BCUT2D eigenvalue weighted by atomic mass is 10.0. The van der Waals surface area contributed by atoms with Gasteiger partial charge in [-0.2, -0.15) is 9.78 Å². The molecule has 1 N–H and O–H groups in total. The fourth-order valence-corrected chi connectivity index (χ4v) is 2.85. The fourth-order valence-electron chi connectivity index (χ4n) is 2.85. The molecule has 3 heterocycles. The van der Waals surface area contributed by atoms with Crippen molar-refractivity contribution in [3.63, 3.8) is 0 Å². The lowest BCUT2D eigenvalue weighted by Gasteiger charge is -2.18. The van der Waals surface area contributed by atoms with Gasteiger partial charge in [-0.3, -0.25) is 9.78 Å². The van der Waals surface area contributed by atoms with E-state index in [4.69, 9.17) is 4.52 Å². The van der Waals surface area contributed by atoms with Crippen LogP contribution >= 0.6 is 0 Å². The summed E-state index contributed by atoms with van der Waals surface area (Å²) >= 11 is 0. The van der Waals surface area contributed by atoms with E-state index in [0.717, 1.165) is 11.1 Å². The van der Waals surface area contributed by atoms with Crippen LogP contribution in [0.2, 0.25) is 0 Å². The van der Waals surface area contributed by atoms with E-state index in [1.54, 1.807) is 24.5 Å². The summed E-state index contributed by atoms with van der Waals surface area (Å²) in [6.45, 7) is 3.85. The molecule has 0 radical (unpaired) electrons. The van der Waals surface area contributed by atoms with Crippen LogP contribution in [-0.2, 0) is 11.3 Å². The van der Waals surface area contributed by atoms with Crippen LogP contribution in [0.1, 0.15) is 25.8 Å². The zero-order valence-corrected chi connectivity index (χ0v) is 16.5. The van der Waals surface area contributed by atoms with Crippen molar-refractivity contribution in [2.75, 3.05) is 0 Å². The molecule has 0 saturated carbocycles. The van der Waals surface area contributed by atoms with Gasteiger partial charge in [-0.05, 0) is 23.3 Å². The number of nitrogens with zero attached hydrogens (tertiary/aromatic N) is 7. The first-order valence-corrected chi connectivity index (χ1v) is 9.47. The van der Waals surface area contributed by atoms with Gasteiger partial charge in [-0.25, -0.2) is 0 Å². The highest BCUT2D eigenvalue weighted by Gasteiger charge is 2.25. The van der Waals surface area contributed by atoms with E-state index in [-0.39, 0.29) is 18.4 Å². The maximum atomic E-state index is 12.6. The Labute approximate surface area is 172 Å². The van der Waals surface area contributed by atoms with Gasteiger partial charge >= 0.3 is 0 Å². The van der Waals surface area contributed by atoms with Crippen LogP contribution in [0, 0.1) is 5.92 Å². The third-order valence-electron chi connectivity index (χ3n) is 4.40. The van der Waals surface area contributed by atoms with E-state index >= 15 is 0 Å². The van der Waals surface area contributed by atoms with Gasteiger partial charge in [0.05, 0.1) is 0 Å². The highest BCUT2D eigenvalue weighted by Crippen LogP contribution is 2.23. The smallest absolute Gasteiger partial charge is 0.249 e. The van der Waals surface area contributed by atoms with Crippen LogP contribution in [-0.4, -0.2) is 41.2 Å². The van der Waals surface area contributed by atoms with Crippen molar-refractivity contribution in [1.29, 1.82) is 0 Å². The topological polar surface area (TPSA) is 125 Å². The summed E-state index contributed by atoms with van der Waals surface area (Å²) in [6.07, 6.45) is 3.31. The molecule has 30 heavy (non-hydrogen) atoms. The van der Waals surface area contributed by atoms with Crippen molar-refractivity contribution in [2.45, 2.75) is 26.4 Å². The third-order valence-corrected chi connectivity index (χ3v) is 4.40. The van der Waals surface area contributed by atoms with E-state index in [2.05, 4.69) is 35.9 Å². The van der Waals surface area contributed by atoms with Crippen molar-refractivity contribution >= 4 is 5.91 Å². The number of carbonyl (C=O) groups is 1. The average Bonchev–Trinajstić information content (AvgIpc) is 3.43. The van der Waals surface area contributed by atoms with Gasteiger partial charge in [0.15, 0.2) is 0 Å². The predicted molar refractivity (Wildman–Crippen MR) is 107 cm³/mol. The molecule has 0 spiro atoms. The molecule has 3 aromatic heterocycles. The molecule has 10 nitrogen and oxygen atoms in total. The fraction of sp³-hybridized carbons (Fsp3) is 0.250. The number of benzene rings is 1. The molecule has 1 amide bonds. The summed E-state index contributed by atoms with van der Waals surface area (Å²) in [5.74, 6) is 0.986. The van der Waals surface area contributed by atoms with Crippen LogP contribution in [0.15, 0.2) is 59.4 Å². The Morgan fingerprint density at radius 2 is 1.80 bits per heavy atom. The standard InChI is InChI=1S/C20H20N8O2/c1-13(2)17(20-23-18(26-30-20)15-8-10-21-11-9-15)22-16(29)12-28-25-19(24-27-28)14-6-4-3-5-7-14/h3-11,13,17H,12H2,1-2H3,(H,22,29). The second-order valence-electron chi connectivity index (χ2n) is 6.99. The normalized spacial score (nSPS) is 12.1. The van der Waals surface area contributed by atoms with Gasteiger partial charge in [0, 0.05) is 23.5 Å². The number of hydrogen-bond acceptors (Lipinski definition) is 8. The molecule has 152 valence electrons. The molecular weight excluding hydrogens is 384 g/mol. The van der Waals surface area contributed by atoms with Crippen LogP contribution < -0.4 is 5.32 Å². The molecule has 1 aromatic carbocycles. The molecule has 0 aliphatic rings. The first-order chi connectivity index (χ1) is 14.6. The summed E-state index contributed by atoms with van der Waals surface area (Å²) in [4.78, 5) is 22.3. The van der Waals surface area contributed by atoms with Crippen LogP contribution in [0.5, 0.6) is 0 Å². The lowest BCUT2D eigenvalue weighted by Crippen LogP contribution is -2.35. The van der Waals surface area contributed by atoms with Gasteiger partial charge in [0.1, 0.15) is 12.6 Å². The highest BCUT2D eigenvalue weighted by atomic mass is 16.5. The number of carbonyl (C=O) groups excluding carboxylic acids is 1. The SMILES string of the molecule is CC(C)C(NC(=O)Cn1nnc(-c2ccccc2)n1)c1nc(-c2ccncc2)no1. The monoisotopic (exact) mass is 404 g/mol. The van der Waals surface area contributed by atoms with Crippen molar-refractivity contribution in [1.82, 2.24) is 40.6 Å². The van der Waals surface area contributed by atoms with Crippen molar-refractivity contribution in [3.8, 4) is 22.8 Å². The van der Waals surface area contributed by atoms with Crippen LogP contribution in [0.25, 0.3) is 22.8 Å². The quantitative estimate of drug-likeness (QED) is 0.497. The van der Waals surface area contributed by atoms with E-state index in [9.17, 15) is 4.79 Å². The Morgan fingerprint density at radius 3 is 2.53 bits per heavy atom. The van der Waals surface area contributed by atoms with Crippen molar-refractivity contribution < 1.29 is 9.32 Å². The van der Waals surface area contributed by atoms with E-state index in [0.29, 0.717) is 17.5 Å². The first kappa shape index (κ1) is 19.4. The van der Waals surface area contributed by atoms with Crippen molar-refractivity contribution in [3.05, 3.63) is 60.7 Å². The third kappa shape index (κ3) is 4.37. The largest absolute Gasteiger partial charge is 0.342 e. The number of hydrogen-bond donors (Lipinski definition) is 1. The molecule has 10 heteroatoms. The minimum absolute atomic E-state index is 0.0308. The van der Waals surface area contributed by atoms with E-state index in [1.807, 2.05) is 44.2 Å². The number of rotatable bonds is 7. The summed E-state index contributed by atoms with van der Waals surface area (Å²) in [7, 11) is 0. The minimum Gasteiger partial charge on any atom is -0.342 e. The van der Waals surface area contributed by atoms with Gasteiger partial charge < -0.3 is 9.84 Å². The molecule has 1 unspecified atom stereocenters. The molecule has 0 aliphatic carbocycles. The van der Waals surface area contributed by atoms with Gasteiger partial charge in [0.25, 0.3) is 0 Å². The van der Waals surface area contributed by atoms with Gasteiger partial charge in [-0.1, -0.05) is 49.3 Å². The Balaban J connectivity index is 1.44. The maximum Gasteiger partial charge on any atom is 0.249 e. The molecule has 0 aliphatic heterocycles. The molecule has 1 atom stereocenters. The predicted octanol–water partition coefficient (Wildman–Crippen LogP) is 2.30. The van der Waals surface area contributed by atoms with Gasteiger partial charge in [-0.15, -0.1) is 10.2 Å². The second kappa shape index (κ2) is 8.60. The summed E-state index contributed by atoms with van der Waals surface area (Å²) in [5.41, 5.74) is 1.62. The Kier molecular flexibility index (Phi) is 5.55. The van der Waals surface area contributed by atoms with E-state index in [1.165, 1.54) is 4.80 Å². The summed E-state index contributed by atoms with van der Waals surface area (Å²) in [5, 5.41) is 19.2. The number of amides is 1. The molecule has 4 aromatic rings. The first-order valence-electron chi connectivity index (χ1n) is 9.47. The number of tetrazole rings is 1. The molecule has 4 rings (SSSR count). The van der Waals surface area contributed by atoms with Crippen molar-refractivity contribution in [2.24, 2.45) is 5.92 Å². The maximum absolute atomic E-state index is 12.6. The number of aromatic nitrogens is 7. The zero-order chi connectivity index (χ0) is 20.9. The molecular formula is C20H20N8O2. The molecule has 0 fully saturated rings. The lowest BCUT2D eigenvalue weighted by molar-refractivity contribution is -0.123. The summed E-state index contributed by atoms with van der Waals surface area (Å²) in [6, 6.07) is 12.6. The number of nitrogens with one attached hydrogen (secondary N) is 1. The zero-order valence-electron chi connectivity index (χ0n) is 16.5. The van der Waals surface area contributed by atoms with Crippen LogP contribution in [0.3, 0.4) is 0 Å². The molecule has 0 bridgehead atoms. The van der Waals surface area contributed by atoms with Crippen LogP contribution in [0.4, 0.5) is 0 Å². The highest BCUT2D eigenvalue weighted by molar-refractivity contribution is 5.76. The summed E-state index contributed by atoms with van der Waals surface area (Å²) < 4.78 is 5.41. The van der Waals surface area contributed by atoms with E-state index < -0.39 is 6.04 Å². The average molecular weight is 404 g/mol. The minimum atomic E-state index is -0.447. The Hall–Kier alpha value is -3.95.